The summed E-state index contributed by atoms with van der Waals surface area (Å²) < 4.78 is 2.23. The van der Waals surface area contributed by atoms with Crippen LogP contribution in [0, 0.1) is 0 Å². The monoisotopic (exact) mass is 361 g/mol. The first-order valence-electron chi connectivity index (χ1n) is 8.88. The Hall–Kier alpha value is -1.92. The standard InChI is InChI=1S/C18H23N5O.ClH/c24-18(15-8-5-10-19-15)20-14-7-4-6-13(12-14)17-22-21-16-9-2-1-3-11-23(16)17;/h4,6-7,12,15,19H,1-3,5,8-11H2,(H,20,24);1H. The summed E-state index contributed by atoms with van der Waals surface area (Å²) in [5.74, 6) is 2.03. The summed E-state index contributed by atoms with van der Waals surface area (Å²) in [6, 6.07) is 7.85. The van der Waals surface area contributed by atoms with E-state index in [1.807, 2.05) is 24.3 Å². The summed E-state index contributed by atoms with van der Waals surface area (Å²) >= 11 is 0. The lowest BCUT2D eigenvalue weighted by molar-refractivity contribution is -0.117. The molecular formula is C18H24ClN5O. The second kappa shape index (κ2) is 7.97. The number of carbonyl (C=O) groups is 1. The molecule has 2 aromatic rings. The molecule has 0 aliphatic carbocycles. The Kier molecular flexibility index (Phi) is 5.71. The third-order valence-electron chi connectivity index (χ3n) is 4.87. The van der Waals surface area contributed by atoms with Crippen LogP contribution in [-0.2, 0) is 17.8 Å². The van der Waals surface area contributed by atoms with Crippen molar-refractivity contribution in [2.75, 3.05) is 11.9 Å². The van der Waals surface area contributed by atoms with E-state index in [0.29, 0.717) is 0 Å². The highest BCUT2D eigenvalue weighted by molar-refractivity contribution is 5.95. The lowest BCUT2D eigenvalue weighted by Gasteiger charge is -2.12. The molecule has 1 atom stereocenters. The molecule has 3 heterocycles. The van der Waals surface area contributed by atoms with Gasteiger partial charge in [0.1, 0.15) is 5.82 Å². The van der Waals surface area contributed by atoms with E-state index in [1.54, 1.807) is 0 Å². The molecular weight excluding hydrogens is 338 g/mol. The van der Waals surface area contributed by atoms with E-state index in [1.165, 1.54) is 19.3 Å². The first-order chi connectivity index (χ1) is 11.8. The molecule has 1 fully saturated rings. The van der Waals surface area contributed by atoms with Crippen LogP contribution >= 0.6 is 12.4 Å². The molecule has 6 nitrogen and oxygen atoms in total. The molecule has 4 rings (SSSR count). The zero-order chi connectivity index (χ0) is 16.4. The van der Waals surface area contributed by atoms with E-state index in [0.717, 1.165) is 55.3 Å². The second-order valence-electron chi connectivity index (χ2n) is 6.62. The average molecular weight is 362 g/mol. The van der Waals surface area contributed by atoms with Gasteiger partial charge in [-0.25, -0.2) is 0 Å². The normalized spacial score (nSPS) is 19.6. The predicted octanol–water partition coefficient (Wildman–Crippen LogP) is 2.78. The lowest BCUT2D eigenvalue weighted by atomic mass is 10.1. The highest BCUT2D eigenvalue weighted by Gasteiger charge is 2.22. The molecule has 2 aliphatic heterocycles. The molecule has 0 radical (unpaired) electrons. The minimum Gasteiger partial charge on any atom is -0.325 e. The van der Waals surface area contributed by atoms with Crippen LogP contribution in [0.25, 0.3) is 11.4 Å². The number of rotatable bonds is 3. The van der Waals surface area contributed by atoms with Gasteiger partial charge in [0.25, 0.3) is 0 Å². The number of hydrogen-bond acceptors (Lipinski definition) is 4. The van der Waals surface area contributed by atoms with Gasteiger partial charge in [-0.1, -0.05) is 18.6 Å². The van der Waals surface area contributed by atoms with Crippen molar-refractivity contribution in [2.24, 2.45) is 0 Å². The molecule has 2 N–H and O–H groups in total. The number of carbonyl (C=O) groups excluding carboxylic acids is 1. The molecule has 1 amide bonds. The fourth-order valence-electron chi connectivity index (χ4n) is 3.57. The lowest BCUT2D eigenvalue weighted by Crippen LogP contribution is -2.35. The molecule has 1 saturated heterocycles. The number of aryl methyl sites for hydroxylation is 1. The van der Waals surface area contributed by atoms with Crippen LogP contribution in [0.5, 0.6) is 0 Å². The number of nitrogens with one attached hydrogen (secondary N) is 2. The number of benzene rings is 1. The molecule has 2 aliphatic rings. The zero-order valence-electron chi connectivity index (χ0n) is 14.2. The van der Waals surface area contributed by atoms with E-state index >= 15 is 0 Å². The SMILES string of the molecule is Cl.O=C(Nc1cccc(-c2nnc3n2CCCCC3)c1)C1CCCN1. The van der Waals surface area contributed by atoms with Gasteiger partial charge in [-0.3, -0.25) is 4.79 Å². The first-order valence-corrected chi connectivity index (χ1v) is 8.88. The molecule has 0 spiro atoms. The maximum atomic E-state index is 12.3. The number of nitrogens with zero attached hydrogens (tertiary/aromatic N) is 3. The van der Waals surface area contributed by atoms with Gasteiger partial charge in [-0.05, 0) is 44.4 Å². The van der Waals surface area contributed by atoms with Gasteiger partial charge in [0.05, 0.1) is 6.04 Å². The smallest absolute Gasteiger partial charge is 0.241 e. The van der Waals surface area contributed by atoms with Crippen molar-refractivity contribution in [1.82, 2.24) is 20.1 Å². The molecule has 1 aromatic heterocycles. The van der Waals surface area contributed by atoms with Crippen LogP contribution < -0.4 is 10.6 Å². The molecule has 0 saturated carbocycles. The van der Waals surface area contributed by atoms with Crippen molar-refractivity contribution in [3.63, 3.8) is 0 Å². The predicted molar refractivity (Wildman–Crippen MR) is 99.9 cm³/mol. The third kappa shape index (κ3) is 3.85. The number of hydrogen-bond donors (Lipinski definition) is 2. The Morgan fingerprint density at radius 1 is 1.20 bits per heavy atom. The Morgan fingerprint density at radius 3 is 2.96 bits per heavy atom. The number of aromatic nitrogens is 3. The molecule has 25 heavy (non-hydrogen) atoms. The van der Waals surface area contributed by atoms with Crippen molar-refractivity contribution < 1.29 is 4.79 Å². The van der Waals surface area contributed by atoms with Gasteiger partial charge in [-0.15, -0.1) is 22.6 Å². The fraction of sp³-hybridized carbons (Fsp3) is 0.500. The first kappa shape index (κ1) is 17.9. The van der Waals surface area contributed by atoms with E-state index in [2.05, 4.69) is 25.4 Å². The van der Waals surface area contributed by atoms with Gasteiger partial charge in [-0.2, -0.15) is 0 Å². The number of amides is 1. The Morgan fingerprint density at radius 2 is 2.12 bits per heavy atom. The van der Waals surface area contributed by atoms with Crippen LogP contribution in [0.3, 0.4) is 0 Å². The van der Waals surface area contributed by atoms with Crippen molar-refractivity contribution in [1.29, 1.82) is 0 Å². The van der Waals surface area contributed by atoms with Gasteiger partial charge in [0.2, 0.25) is 5.91 Å². The van der Waals surface area contributed by atoms with Gasteiger partial charge >= 0.3 is 0 Å². The third-order valence-corrected chi connectivity index (χ3v) is 4.87. The van der Waals surface area contributed by atoms with Crippen molar-refractivity contribution in [3.05, 3.63) is 30.1 Å². The van der Waals surface area contributed by atoms with Crippen LogP contribution in [0.1, 0.15) is 37.9 Å². The minimum atomic E-state index is -0.0713. The Labute approximate surface area is 153 Å². The summed E-state index contributed by atoms with van der Waals surface area (Å²) in [6.07, 6.45) is 6.56. The molecule has 7 heteroatoms. The van der Waals surface area contributed by atoms with E-state index < -0.39 is 0 Å². The molecule has 1 aromatic carbocycles. The molecule has 1 unspecified atom stereocenters. The Balaban J connectivity index is 0.00000182. The van der Waals surface area contributed by atoms with Crippen molar-refractivity contribution in [2.45, 2.75) is 51.1 Å². The highest BCUT2D eigenvalue weighted by atomic mass is 35.5. The number of halogens is 1. The van der Waals surface area contributed by atoms with E-state index in [9.17, 15) is 4.79 Å². The Bertz CT molecular complexity index is 739. The zero-order valence-corrected chi connectivity index (χ0v) is 15.0. The highest BCUT2D eigenvalue weighted by Crippen LogP contribution is 2.25. The van der Waals surface area contributed by atoms with Crippen LogP contribution in [0.2, 0.25) is 0 Å². The summed E-state index contributed by atoms with van der Waals surface area (Å²) in [4.78, 5) is 12.3. The fourth-order valence-corrected chi connectivity index (χ4v) is 3.57. The second-order valence-corrected chi connectivity index (χ2v) is 6.62. The van der Waals surface area contributed by atoms with Gasteiger partial charge in [0.15, 0.2) is 5.82 Å². The van der Waals surface area contributed by atoms with Crippen molar-refractivity contribution in [3.8, 4) is 11.4 Å². The summed E-state index contributed by atoms with van der Waals surface area (Å²) in [5.41, 5.74) is 1.82. The van der Waals surface area contributed by atoms with Crippen LogP contribution in [0.4, 0.5) is 5.69 Å². The number of fused-ring (bicyclic) bond motifs is 1. The van der Waals surface area contributed by atoms with E-state index in [4.69, 9.17) is 0 Å². The summed E-state index contributed by atoms with van der Waals surface area (Å²) in [5, 5.41) is 15.0. The van der Waals surface area contributed by atoms with Crippen LogP contribution in [-0.4, -0.2) is 33.3 Å². The molecule has 134 valence electrons. The average Bonchev–Trinajstić information content (AvgIpc) is 3.21. The largest absolute Gasteiger partial charge is 0.325 e. The minimum absolute atomic E-state index is 0. The van der Waals surface area contributed by atoms with Gasteiger partial charge < -0.3 is 15.2 Å². The maximum absolute atomic E-state index is 12.3. The quantitative estimate of drug-likeness (QED) is 0.881. The van der Waals surface area contributed by atoms with E-state index in [-0.39, 0.29) is 24.4 Å². The summed E-state index contributed by atoms with van der Waals surface area (Å²) in [6.45, 7) is 1.89. The topological polar surface area (TPSA) is 71.8 Å². The molecule has 0 bridgehead atoms. The van der Waals surface area contributed by atoms with Crippen LogP contribution in [0.15, 0.2) is 24.3 Å². The van der Waals surface area contributed by atoms with Gasteiger partial charge in [0, 0.05) is 24.2 Å². The maximum Gasteiger partial charge on any atom is 0.241 e. The number of anilines is 1. The van der Waals surface area contributed by atoms with Crippen molar-refractivity contribution >= 4 is 24.0 Å². The summed E-state index contributed by atoms with van der Waals surface area (Å²) in [7, 11) is 0.